The number of carbonyl (C=O) groups excluding carboxylic acids is 2. The van der Waals surface area contributed by atoms with E-state index in [1.165, 1.54) is 0 Å². The van der Waals surface area contributed by atoms with Crippen molar-refractivity contribution in [3.63, 3.8) is 0 Å². The summed E-state index contributed by atoms with van der Waals surface area (Å²) < 4.78 is 6.17. The van der Waals surface area contributed by atoms with Crippen LogP contribution in [0.2, 0.25) is 5.02 Å². The zero-order chi connectivity index (χ0) is 18.4. The largest absolute Gasteiger partial charge is 0.477 e. The molecule has 1 unspecified atom stereocenters. The van der Waals surface area contributed by atoms with Crippen LogP contribution in [-0.2, 0) is 9.59 Å². The van der Waals surface area contributed by atoms with Crippen LogP contribution < -0.4 is 15.4 Å². The Labute approximate surface area is 153 Å². The number of nitrogens with zero attached hydrogens (tertiary/aromatic N) is 1. The fourth-order valence-corrected chi connectivity index (χ4v) is 3.07. The highest BCUT2D eigenvalue weighted by Gasteiger charge is 2.44. The maximum absolute atomic E-state index is 13.2. The average Bonchev–Trinajstić information content (AvgIpc) is 2.63. The second-order valence-corrected chi connectivity index (χ2v) is 6.88. The number of carbonyl (C=O) groups is 2. The van der Waals surface area contributed by atoms with E-state index in [0.717, 1.165) is 0 Å². The van der Waals surface area contributed by atoms with E-state index in [0.29, 0.717) is 36.7 Å². The summed E-state index contributed by atoms with van der Waals surface area (Å²) in [6.07, 6.45) is 1.41. The van der Waals surface area contributed by atoms with E-state index < -0.39 is 5.60 Å². The van der Waals surface area contributed by atoms with Gasteiger partial charge in [-0.2, -0.15) is 0 Å². The number of ether oxygens (including phenoxy) is 1. The first-order chi connectivity index (χ1) is 11.9. The van der Waals surface area contributed by atoms with Crippen molar-refractivity contribution in [2.24, 2.45) is 0 Å². The molecular formula is C18H26ClN3O3. The van der Waals surface area contributed by atoms with Crippen molar-refractivity contribution in [2.45, 2.75) is 37.8 Å². The molecule has 1 aliphatic rings. The van der Waals surface area contributed by atoms with Gasteiger partial charge in [0.25, 0.3) is 5.91 Å². The lowest BCUT2D eigenvalue weighted by Gasteiger charge is -2.40. The van der Waals surface area contributed by atoms with Crippen molar-refractivity contribution in [1.82, 2.24) is 15.5 Å². The molecule has 0 bridgehead atoms. The van der Waals surface area contributed by atoms with E-state index >= 15 is 0 Å². The number of nitrogens with one attached hydrogen (secondary N) is 2. The summed E-state index contributed by atoms with van der Waals surface area (Å²) in [7, 11) is 3.32. The minimum atomic E-state index is -0.926. The maximum atomic E-state index is 13.2. The molecule has 0 aromatic heterocycles. The second-order valence-electron chi connectivity index (χ2n) is 6.44. The van der Waals surface area contributed by atoms with Crippen LogP contribution in [0.4, 0.5) is 0 Å². The van der Waals surface area contributed by atoms with Crippen molar-refractivity contribution >= 4 is 23.4 Å². The van der Waals surface area contributed by atoms with Crippen LogP contribution in [0.25, 0.3) is 0 Å². The molecule has 1 saturated heterocycles. The molecule has 1 heterocycles. The van der Waals surface area contributed by atoms with Gasteiger partial charge in [0.05, 0.1) is 0 Å². The lowest BCUT2D eigenvalue weighted by atomic mass is 9.89. The summed E-state index contributed by atoms with van der Waals surface area (Å²) >= 11 is 5.93. The van der Waals surface area contributed by atoms with Crippen LogP contribution in [0.5, 0.6) is 5.75 Å². The third kappa shape index (κ3) is 4.86. The fourth-order valence-electron chi connectivity index (χ4n) is 2.95. The smallest absolute Gasteiger partial charge is 0.266 e. The minimum absolute atomic E-state index is 0.0925. The van der Waals surface area contributed by atoms with Crippen molar-refractivity contribution in [1.29, 1.82) is 0 Å². The van der Waals surface area contributed by atoms with Crippen LogP contribution in [0.1, 0.15) is 26.2 Å². The highest BCUT2D eigenvalue weighted by Crippen LogP contribution is 2.30. The number of amides is 2. The third-order valence-electron chi connectivity index (χ3n) is 4.67. The van der Waals surface area contributed by atoms with Crippen LogP contribution in [-0.4, -0.2) is 55.5 Å². The van der Waals surface area contributed by atoms with Gasteiger partial charge < -0.3 is 20.3 Å². The van der Waals surface area contributed by atoms with Crippen molar-refractivity contribution in [3.05, 3.63) is 29.3 Å². The van der Waals surface area contributed by atoms with Gasteiger partial charge in [0, 0.05) is 44.4 Å². The van der Waals surface area contributed by atoms with Crippen LogP contribution >= 0.6 is 11.6 Å². The number of hydrogen-bond acceptors (Lipinski definition) is 4. The van der Waals surface area contributed by atoms with E-state index in [4.69, 9.17) is 16.3 Å². The summed E-state index contributed by atoms with van der Waals surface area (Å²) in [6.45, 7) is 3.28. The van der Waals surface area contributed by atoms with E-state index in [1.807, 2.05) is 6.92 Å². The minimum Gasteiger partial charge on any atom is -0.477 e. The zero-order valence-electron chi connectivity index (χ0n) is 15.0. The van der Waals surface area contributed by atoms with E-state index in [2.05, 4.69) is 10.6 Å². The quantitative estimate of drug-likeness (QED) is 0.804. The molecule has 0 spiro atoms. The molecule has 0 saturated carbocycles. The predicted molar refractivity (Wildman–Crippen MR) is 97.8 cm³/mol. The lowest BCUT2D eigenvalue weighted by Crippen LogP contribution is -2.58. The molecule has 0 radical (unpaired) electrons. The summed E-state index contributed by atoms with van der Waals surface area (Å²) in [6, 6.07) is 6.82. The lowest BCUT2D eigenvalue weighted by molar-refractivity contribution is -0.151. The number of piperidine rings is 1. The first kappa shape index (κ1) is 19.5. The fraction of sp³-hybridized carbons (Fsp3) is 0.556. The van der Waals surface area contributed by atoms with Crippen LogP contribution in [0, 0.1) is 0 Å². The SMILES string of the molecule is CNC(=O)CC(C)N(C)C(=O)C1(Oc2ccc(Cl)cc2)CCNCC1. The molecule has 2 amide bonds. The zero-order valence-corrected chi connectivity index (χ0v) is 15.7. The monoisotopic (exact) mass is 367 g/mol. The Kier molecular flexibility index (Phi) is 6.67. The Morgan fingerprint density at radius 1 is 1.32 bits per heavy atom. The summed E-state index contributed by atoms with van der Waals surface area (Å²) in [5, 5.41) is 6.48. The van der Waals surface area contributed by atoms with Gasteiger partial charge in [-0.1, -0.05) is 11.6 Å². The standard InChI is InChI=1S/C18H26ClN3O3/c1-13(12-16(23)20-2)22(3)17(24)18(8-10-21-11-9-18)25-15-6-4-14(19)5-7-15/h4-7,13,21H,8-12H2,1-3H3,(H,20,23). The topological polar surface area (TPSA) is 70.7 Å². The van der Waals surface area contributed by atoms with Gasteiger partial charge in [-0.15, -0.1) is 0 Å². The highest BCUT2D eigenvalue weighted by molar-refractivity contribution is 6.30. The Balaban J connectivity index is 2.18. The first-order valence-electron chi connectivity index (χ1n) is 8.51. The van der Waals surface area contributed by atoms with Crippen molar-refractivity contribution in [2.75, 3.05) is 27.2 Å². The summed E-state index contributed by atoms with van der Waals surface area (Å²) in [4.78, 5) is 26.5. The average molecular weight is 368 g/mol. The molecule has 25 heavy (non-hydrogen) atoms. The molecule has 1 fully saturated rings. The summed E-state index contributed by atoms with van der Waals surface area (Å²) in [5.74, 6) is 0.428. The number of rotatable bonds is 6. The Bertz CT molecular complexity index is 600. The van der Waals surface area contributed by atoms with E-state index in [1.54, 1.807) is 43.3 Å². The third-order valence-corrected chi connectivity index (χ3v) is 4.92. The summed E-state index contributed by atoms with van der Waals surface area (Å²) in [5.41, 5.74) is -0.926. The number of halogens is 1. The van der Waals surface area contributed by atoms with Crippen LogP contribution in [0.3, 0.4) is 0 Å². The van der Waals surface area contributed by atoms with Crippen molar-refractivity contribution in [3.8, 4) is 5.75 Å². The van der Waals surface area contributed by atoms with Gasteiger partial charge in [-0.3, -0.25) is 9.59 Å². The van der Waals surface area contributed by atoms with Crippen LogP contribution in [0.15, 0.2) is 24.3 Å². The van der Waals surface area contributed by atoms with Gasteiger partial charge in [0.2, 0.25) is 5.91 Å². The molecule has 6 nitrogen and oxygen atoms in total. The van der Waals surface area contributed by atoms with E-state index in [-0.39, 0.29) is 24.3 Å². The second kappa shape index (κ2) is 8.54. The normalized spacial score (nSPS) is 17.4. The number of likely N-dealkylation sites (N-methyl/N-ethyl adjacent to an activating group) is 1. The Morgan fingerprint density at radius 2 is 1.92 bits per heavy atom. The maximum Gasteiger partial charge on any atom is 0.266 e. The molecule has 1 aliphatic heterocycles. The molecule has 2 rings (SSSR count). The van der Waals surface area contributed by atoms with Gasteiger partial charge in [0.15, 0.2) is 5.60 Å². The number of benzene rings is 1. The van der Waals surface area contributed by atoms with Gasteiger partial charge >= 0.3 is 0 Å². The predicted octanol–water partition coefficient (Wildman–Crippen LogP) is 1.82. The Morgan fingerprint density at radius 3 is 2.48 bits per heavy atom. The Hall–Kier alpha value is -1.79. The molecule has 0 aliphatic carbocycles. The van der Waals surface area contributed by atoms with Gasteiger partial charge in [-0.05, 0) is 44.3 Å². The molecule has 1 aromatic carbocycles. The van der Waals surface area contributed by atoms with Gasteiger partial charge in [0.1, 0.15) is 5.75 Å². The molecule has 1 atom stereocenters. The molecule has 7 heteroatoms. The van der Waals surface area contributed by atoms with Crippen molar-refractivity contribution < 1.29 is 14.3 Å². The molecule has 1 aromatic rings. The first-order valence-corrected chi connectivity index (χ1v) is 8.89. The highest BCUT2D eigenvalue weighted by atomic mass is 35.5. The molecular weight excluding hydrogens is 342 g/mol. The van der Waals surface area contributed by atoms with Gasteiger partial charge in [-0.25, -0.2) is 0 Å². The number of hydrogen-bond donors (Lipinski definition) is 2. The van der Waals surface area contributed by atoms with E-state index in [9.17, 15) is 9.59 Å². The molecule has 2 N–H and O–H groups in total. The molecule has 138 valence electrons.